The molecule has 0 radical (unpaired) electrons. The predicted octanol–water partition coefficient (Wildman–Crippen LogP) is 6.07. The number of unbranched alkanes of at least 4 members (excludes halogenated alkanes) is 1. The second-order valence-electron chi connectivity index (χ2n) is 9.11. The van der Waals surface area contributed by atoms with Gasteiger partial charge in [-0.3, -0.25) is 0 Å². The van der Waals surface area contributed by atoms with Gasteiger partial charge in [-0.05, 0) is 83.6 Å². The van der Waals surface area contributed by atoms with Gasteiger partial charge in [-0.1, -0.05) is 60.7 Å². The Morgan fingerprint density at radius 1 is 0.711 bits per heavy atom. The molecular formula is C31H31N5O2. The number of aryl methyl sites for hydroxylation is 1. The minimum atomic E-state index is 0.454. The highest BCUT2D eigenvalue weighted by atomic mass is 16.5. The smallest absolute Gasteiger partial charge is 0.148 e. The topological polar surface area (TPSA) is 85.8 Å². The number of aromatic amines is 1. The second kappa shape index (κ2) is 13.1. The van der Waals surface area contributed by atoms with Crippen molar-refractivity contribution in [3.8, 4) is 11.5 Å². The van der Waals surface area contributed by atoms with Gasteiger partial charge in [-0.15, -0.1) is 5.10 Å². The van der Waals surface area contributed by atoms with E-state index in [1.54, 1.807) is 0 Å². The van der Waals surface area contributed by atoms with Crippen LogP contribution in [0.25, 0.3) is 10.9 Å². The van der Waals surface area contributed by atoms with E-state index in [0.717, 1.165) is 66.0 Å². The normalized spacial score (nSPS) is 11.3. The maximum atomic E-state index is 5.94. The average molecular weight is 506 g/mol. The number of aromatic nitrogens is 5. The number of allylic oxidation sites excluding steroid dienone is 2. The van der Waals surface area contributed by atoms with Crippen molar-refractivity contribution in [1.29, 1.82) is 0 Å². The summed E-state index contributed by atoms with van der Waals surface area (Å²) in [6.45, 7) is 1.14. The average Bonchev–Trinajstić information content (AvgIpc) is 3.49. The number of tetrazole rings is 1. The maximum absolute atomic E-state index is 5.94. The van der Waals surface area contributed by atoms with Crippen molar-refractivity contribution >= 4 is 10.9 Å². The summed E-state index contributed by atoms with van der Waals surface area (Å²) in [6, 6.07) is 28.8. The van der Waals surface area contributed by atoms with Crippen molar-refractivity contribution in [2.45, 2.75) is 38.7 Å². The molecule has 2 heterocycles. The predicted molar refractivity (Wildman–Crippen MR) is 148 cm³/mol. The molecule has 7 nitrogen and oxygen atoms in total. The fourth-order valence-corrected chi connectivity index (χ4v) is 4.10. The molecule has 5 rings (SSSR count). The van der Waals surface area contributed by atoms with E-state index in [-0.39, 0.29) is 0 Å². The first-order chi connectivity index (χ1) is 18.8. The molecule has 0 spiro atoms. The third-order valence-corrected chi connectivity index (χ3v) is 6.23. The second-order valence-corrected chi connectivity index (χ2v) is 9.11. The highest BCUT2D eigenvalue weighted by Gasteiger charge is 2.01. The van der Waals surface area contributed by atoms with Gasteiger partial charge in [0.15, 0.2) is 0 Å². The third kappa shape index (κ3) is 7.49. The van der Waals surface area contributed by atoms with Crippen LogP contribution in [0.4, 0.5) is 0 Å². The molecule has 1 N–H and O–H groups in total. The molecule has 0 aliphatic carbocycles. The molecule has 0 fully saturated rings. The first-order valence-electron chi connectivity index (χ1n) is 13.0. The summed E-state index contributed by atoms with van der Waals surface area (Å²) in [5.41, 5.74) is 4.43. The molecule has 5 aromatic rings. The van der Waals surface area contributed by atoms with Crippen LogP contribution < -0.4 is 9.47 Å². The molecule has 0 atom stereocenters. The minimum absolute atomic E-state index is 0.454. The van der Waals surface area contributed by atoms with E-state index in [9.17, 15) is 0 Å². The summed E-state index contributed by atoms with van der Waals surface area (Å²) in [5.74, 6) is 2.57. The molecule has 192 valence electrons. The SMILES string of the molecule is C(=CCc1ccc(OCc2ccc3ccccc3n2)cc1)Cc1ccc(OCCCCc2nnn[nH]2)cc1. The van der Waals surface area contributed by atoms with Crippen molar-refractivity contribution in [3.05, 3.63) is 120 Å². The van der Waals surface area contributed by atoms with Gasteiger partial charge in [0.25, 0.3) is 0 Å². The standard InChI is InChI=1S/C31H31N5O2/c1(7-24-12-18-28(19-13-24)37-22-6-5-11-31-33-35-36-34-31)2-8-25-14-20-29(21-15-25)38-23-27-17-16-26-9-3-4-10-30(26)32-27/h1-4,9-10,12-21H,5-8,11,22-23H2,(H,33,34,35,36). The number of para-hydroxylation sites is 1. The Balaban J connectivity index is 0.996. The summed E-state index contributed by atoms with van der Waals surface area (Å²) >= 11 is 0. The zero-order valence-electron chi connectivity index (χ0n) is 21.3. The lowest BCUT2D eigenvalue weighted by atomic mass is 10.1. The molecule has 0 saturated carbocycles. The third-order valence-electron chi connectivity index (χ3n) is 6.23. The number of nitrogens with zero attached hydrogens (tertiary/aromatic N) is 4. The number of benzene rings is 3. The zero-order valence-corrected chi connectivity index (χ0v) is 21.3. The van der Waals surface area contributed by atoms with E-state index in [1.165, 1.54) is 11.1 Å². The Morgan fingerprint density at radius 2 is 1.42 bits per heavy atom. The Morgan fingerprint density at radius 3 is 2.13 bits per heavy atom. The van der Waals surface area contributed by atoms with E-state index >= 15 is 0 Å². The van der Waals surface area contributed by atoms with Gasteiger partial charge in [0.05, 0.1) is 17.8 Å². The molecule has 0 unspecified atom stereocenters. The fraction of sp³-hybridized carbons (Fsp3) is 0.226. The lowest BCUT2D eigenvalue weighted by Crippen LogP contribution is -1.99. The van der Waals surface area contributed by atoms with Gasteiger partial charge in [0.2, 0.25) is 0 Å². The summed E-state index contributed by atoms with van der Waals surface area (Å²) < 4.78 is 11.8. The van der Waals surface area contributed by atoms with Crippen molar-refractivity contribution < 1.29 is 9.47 Å². The molecule has 7 heteroatoms. The van der Waals surface area contributed by atoms with Crippen molar-refractivity contribution in [3.63, 3.8) is 0 Å². The van der Waals surface area contributed by atoms with Gasteiger partial charge in [0, 0.05) is 11.8 Å². The molecule has 0 aliphatic rings. The number of hydrogen-bond acceptors (Lipinski definition) is 6. The van der Waals surface area contributed by atoms with Gasteiger partial charge in [0.1, 0.15) is 23.9 Å². The molecule has 0 aliphatic heterocycles. The number of fused-ring (bicyclic) bond motifs is 1. The van der Waals surface area contributed by atoms with Gasteiger partial charge in [-0.2, -0.15) is 0 Å². The summed E-state index contributed by atoms with van der Waals surface area (Å²) in [7, 11) is 0. The van der Waals surface area contributed by atoms with Crippen LogP contribution in [0.3, 0.4) is 0 Å². The van der Waals surface area contributed by atoms with E-state index in [1.807, 2.05) is 48.5 Å². The molecule has 38 heavy (non-hydrogen) atoms. The van der Waals surface area contributed by atoms with Crippen LogP contribution in [0.5, 0.6) is 11.5 Å². The van der Waals surface area contributed by atoms with Crippen molar-refractivity contribution in [1.82, 2.24) is 25.6 Å². The first kappa shape index (κ1) is 25.1. The van der Waals surface area contributed by atoms with Gasteiger partial charge in [-0.25, -0.2) is 10.1 Å². The summed E-state index contributed by atoms with van der Waals surface area (Å²) in [6.07, 6.45) is 8.98. The molecule has 3 aromatic carbocycles. The van der Waals surface area contributed by atoms with Crippen LogP contribution >= 0.6 is 0 Å². The van der Waals surface area contributed by atoms with Crippen molar-refractivity contribution in [2.75, 3.05) is 6.61 Å². The maximum Gasteiger partial charge on any atom is 0.148 e. The van der Waals surface area contributed by atoms with Crippen molar-refractivity contribution in [2.24, 2.45) is 0 Å². The molecule has 0 bridgehead atoms. The van der Waals surface area contributed by atoms with Gasteiger partial charge >= 0.3 is 0 Å². The number of rotatable bonds is 13. The molecule has 0 saturated heterocycles. The van der Waals surface area contributed by atoms with Gasteiger partial charge < -0.3 is 9.47 Å². The number of ether oxygens (including phenoxy) is 2. The van der Waals surface area contributed by atoms with E-state index in [2.05, 4.69) is 74.2 Å². The quantitative estimate of drug-likeness (QED) is 0.154. The van der Waals surface area contributed by atoms with Crippen LogP contribution in [0.15, 0.2) is 97.1 Å². The Labute approximate surface area is 222 Å². The molecular weight excluding hydrogens is 474 g/mol. The number of pyridine rings is 1. The summed E-state index contributed by atoms with van der Waals surface area (Å²) in [5, 5.41) is 15.0. The monoisotopic (exact) mass is 505 g/mol. The lowest BCUT2D eigenvalue weighted by molar-refractivity contribution is 0.301. The Bertz CT molecular complexity index is 1430. The minimum Gasteiger partial charge on any atom is -0.494 e. The van der Waals surface area contributed by atoms with Crippen LogP contribution in [-0.2, 0) is 25.9 Å². The lowest BCUT2D eigenvalue weighted by Gasteiger charge is -2.07. The number of hydrogen-bond donors (Lipinski definition) is 1. The first-order valence-corrected chi connectivity index (χ1v) is 13.0. The Hall–Kier alpha value is -4.52. The zero-order chi connectivity index (χ0) is 25.8. The molecule has 0 amide bonds. The fourth-order valence-electron chi connectivity index (χ4n) is 4.10. The number of nitrogens with one attached hydrogen (secondary N) is 1. The van der Waals surface area contributed by atoms with E-state index in [4.69, 9.17) is 9.47 Å². The largest absolute Gasteiger partial charge is 0.494 e. The highest BCUT2D eigenvalue weighted by molar-refractivity contribution is 5.78. The van der Waals surface area contributed by atoms with E-state index in [0.29, 0.717) is 13.2 Å². The highest BCUT2D eigenvalue weighted by Crippen LogP contribution is 2.17. The van der Waals surface area contributed by atoms with Crippen LogP contribution in [-0.4, -0.2) is 32.2 Å². The van der Waals surface area contributed by atoms with E-state index < -0.39 is 0 Å². The Kier molecular flexibility index (Phi) is 8.70. The van der Waals surface area contributed by atoms with Crippen LogP contribution in [0, 0.1) is 0 Å². The summed E-state index contributed by atoms with van der Waals surface area (Å²) in [4.78, 5) is 4.67. The number of H-pyrrole nitrogens is 1. The van der Waals surface area contributed by atoms with Crippen LogP contribution in [0.2, 0.25) is 0 Å². The molecule has 2 aromatic heterocycles. The van der Waals surface area contributed by atoms with Crippen LogP contribution in [0.1, 0.15) is 35.5 Å².